The number of ether oxygens (including phenoxy) is 1. The Bertz CT molecular complexity index is 906. The van der Waals surface area contributed by atoms with E-state index in [-0.39, 0.29) is 5.92 Å². The van der Waals surface area contributed by atoms with Crippen LogP contribution < -0.4 is 9.64 Å². The SMILES string of the molecule is COc1ccc(S(=O)(=O)N2CCCC(C)C2)cc1N1CCN(C(=O)C2CCCCC2)CC1. The smallest absolute Gasteiger partial charge is 0.243 e. The first-order valence-corrected chi connectivity index (χ1v) is 13.6. The Labute approximate surface area is 192 Å². The molecule has 2 aliphatic heterocycles. The Hall–Kier alpha value is -1.80. The van der Waals surface area contributed by atoms with E-state index in [1.165, 1.54) is 6.42 Å². The molecular formula is C24H37N3O4S. The summed E-state index contributed by atoms with van der Waals surface area (Å²) in [6.45, 7) is 5.95. The minimum atomic E-state index is -3.53. The maximum Gasteiger partial charge on any atom is 0.243 e. The normalized spacial score (nSPS) is 23.9. The summed E-state index contributed by atoms with van der Waals surface area (Å²) < 4.78 is 33.8. The number of hydrogen-bond acceptors (Lipinski definition) is 5. The van der Waals surface area contributed by atoms with Crippen molar-refractivity contribution in [2.45, 2.75) is 56.8 Å². The van der Waals surface area contributed by atoms with Crippen LogP contribution in [-0.2, 0) is 14.8 Å². The van der Waals surface area contributed by atoms with Crippen LogP contribution >= 0.6 is 0 Å². The minimum Gasteiger partial charge on any atom is -0.495 e. The van der Waals surface area contributed by atoms with Gasteiger partial charge >= 0.3 is 0 Å². The van der Waals surface area contributed by atoms with Gasteiger partial charge in [-0.1, -0.05) is 26.2 Å². The van der Waals surface area contributed by atoms with Crippen LogP contribution in [-0.4, -0.2) is 69.9 Å². The van der Waals surface area contributed by atoms with Gasteiger partial charge in [-0.05, 0) is 49.8 Å². The second-order valence-electron chi connectivity index (χ2n) is 9.59. The van der Waals surface area contributed by atoms with Crippen molar-refractivity contribution in [3.8, 4) is 5.75 Å². The second-order valence-corrected chi connectivity index (χ2v) is 11.5. The number of sulfonamides is 1. The zero-order valence-corrected chi connectivity index (χ0v) is 20.3. The van der Waals surface area contributed by atoms with Crippen molar-refractivity contribution in [2.75, 3.05) is 51.3 Å². The maximum atomic E-state index is 13.3. The fourth-order valence-electron chi connectivity index (χ4n) is 5.37. The Morgan fingerprint density at radius 3 is 2.34 bits per heavy atom. The number of piperazine rings is 1. The molecule has 3 fully saturated rings. The Kier molecular flexibility index (Phi) is 7.30. The average Bonchev–Trinajstić information content (AvgIpc) is 2.84. The fourth-order valence-corrected chi connectivity index (χ4v) is 6.99. The molecule has 2 heterocycles. The van der Waals surface area contributed by atoms with E-state index in [2.05, 4.69) is 11.8 Å². The van der Waals surface area contributed by atoms with Crippen LogP contribution in [0, 0.1) is 11.8 Å². The molecule has 7 nitrogen and oxygen atoms in total. The highest BCUT2D eigenvalue weighted by atomic mass is 32.2. The lowest BCUT2D eigenvalue weighted by Gasteiger charge is -2.38. The molecule has 8 heteroatoms. The van der Waals surface area contributed by atoms with Gasteiger partial charge in [0.1, 0.15) is 5.75 Å². The number of benzene rings is 1. The summed E-state index contributed by atoms with van der Waals surface area (Å²) in [5.74, 6) is 1.53. The molecule has 0 spiro atoms. The van der Waals surface area contributed by atoms with Crippen molar-refractivity contribution in [2.24, 2.45) is 11.8 Å². The highest BCUT2D eigenvalue weighted by Gasteiger charge is 2.32. The summed E-state index contributed by atoms with van der Waals surface area (Å²) in [4.78, 5) is 17.4. The van der Waals surface area contributed by atoms with E-state index in [0.29, 0.717) is 61.7 Å². The third-order valence-corrected chi connectivity index (χ3v) is 9.16. The molecule has 1 unspecified atom stereocenters. The number of carbonyl (C=O) groups is 1. The standard InChI is InChI=1S/C24H37N3O4S/c1-19-7-6-12-27(18-19)32(29,30)21-10-11-23(31-2)22(17-21)25-13-15-26(16-14-25)24(28)20-8-4-3-5-9-20/h10-11,17,19-20H,3-9,12-16,18H2,1-2H3. The van der Waals surface area contributed by atoms with E-state index in [1.807, 2.05) is 4.90 Å². The van der Waals surface area contributed by atoms with Crippen molar-refractivity contribution < 1.29 is 17.9 Å². The van der Waals surface area contributed by atoms with Crippen molar-refractivity contribution in [1.82, 2.24) is 9.21 Å². The second kappa shape index (κ2) is 10.00. The van der Waals surface area contributed by atoms with Crippen LogP contribution in [0.15, 0.2) is 23.1 Å². The molecule has 32 heavy (non-hydrogen) atoms. The average molecular weight is 464 g/mol. The first-order chi connectivity index (χ1) is 15.4. The van der Waals surface area contributed by atoms with E-state index < -0.39 is 10.0 Å². The van der Waals surface area contributed by atoms with Gasteiger partial charge in [0.15, 0.2) is 0 Å². The van der Waals surface area contributed by atoms with Gasteiger partial charge in [-0.15, -0.1) is 0 Å². The number of carbonyl (C=O) groups excluding carboxylic acids is 1. The van der Waals surface area contributed by atoms with Gasteiger partial charge in [-0.25, -0.2) is 8.42 Å². The molecule has 1 atom stereocenters. The Morgan fingerprint density at radius 2 is 1.69 bits per heavy atom. The Morgan fingerprint density at radius 1 is 0.969 bits per heavy atom. The summed E-state index contributed by atoms with van der Waals surface area (Å²) in [5, 5.41) is 0. The lowest BCUT2D eigenvalue weighted by Crippen LogP contribution is -2.50. The Balaban J connectivity index is 1.48. The van der Waals surface area contributed by atoms with Gasteiger partial charge in [-0.2, -0.15) is 4.31 Å². The number of methoxy groups -OCH3 is 1. The van der Waals surface area contributed by atoms with Gasteiger partial charge in [-0.3, -0.25) is 4.79 Å². The third-order valence-electron chi connectivity index (χ3n) is 7.29. The van der Waals surface area contributed by atoms with E-state index in [1.54, 1.807) is 29.6 Å². The largest absolute Gasteiger partial charge is 0.495 e. The van der Waals surface area contributed by atoms with E-state index in [4.69, 9.17) is 4.74 Å². The van der Waals surface area contributed by atoms with Gasteiger partial charge in [0, 0.05) is 45.2 Å². The first kappa shape index (κ1) is 23.4. The number of anilines is 1. The molecule has 2 saturated heterocycles. The van der Waals surface area contributed by atoms with Crippen LogP contribution in [0.25, 0.3) is 0 Å². The first-order valence-electron chi connectivity index (χ1n) is 12.1. The van der Waals surface area contributed by atoms with E-state index >= 15 is 0 Å². The molecule has 4 rings (SSSR count). The number of amides is 1. The molecule has 1 aromatic rings. The van der Waals surface area contributed by atoms with Crippen LogP contribution in [0.5, 0.6) is 5.75 Å². The molecule has 0 bridgehead atoms. The molecule has 0 radical (unpaired) electrons. The van der Waals surface area contributed by atoms with Crippen molar-refractivity contribution in [3.05, 3.63) is 18.2 Å². The molecule has 0 aromatic heterocycles. The predicted octanol–water partition coefficient (Wildman–Crippen LogP) is 3.34. The van der Waals surface area contributed by atoms with E-state index in [9.17, 15) is 13.2 Å². The quantitative estimate of drug-likeness (QED) is 0.670. The van der Waals surface area contributed by atoms with Crippen molar-refractivity contribution in [1.29, 1.82) is 0 Å². The van der Waals surface area contributed by atoms with Crippen molar-refractivity contribution in [3.63, 3.8) is 0 Å². The molecule has 1 aromatic carbocycles. The van der Waals surface area contributed by atoms with Gasteiger partial charge in [0.25, 0.3) is 0 Å². The number of piperidine rings is 1. The minimum absolute atomic E-state index is 0.185. The summed E-state index contributed by atoms with van der Waals surface area (Å²) >= 11 is 0. The lowest BCUT2D eigenvalue weighted by atomic mass is 9.88. The lowest BCUT2D eigenvalue weighted by molar-refractivity contribution is -0.136. The zero-order valence-electron chi connectivity index (χ0n) is 19.5. The molecule has 3 aliphatic rings. The van der Waals surface area contributed by atoms with Crippen LogP contribution in [0.4, 0.5) is 5.69 Å². The highest BCUT2D eigenvalue weighted by molar-refractivity contribution is 7.89. The summed E-state index contributed by atoms with van der Waals surface area (Å²) in [6.07, 6.45) is 7.57. The van der Waals surface area contributed by atoms with Crippen molar-refractivity contribution >= 4 is 21.6 Å². The van der Waals surface area contributed by atoms with Crippen LogP contribution in [0.2, 0.25) is 0 Å². The summed E-state index contributed by atoms with van der Waals surface area (Å²) in [7, 11) is -1.92. The summed E-state index contributed by atoms with van der Waals surface area (Å²) in [5.41, 5.74) is 0.795. The number of hydrogen-bond donors (Lipinski definition) is 0. The van der Waals surface area contributed by atoms with Crippen LogP contribution in [0.1, 0.15) is 51.9 Å². The predicted molar refractivity (Wildman–Crippen MR) is 126 cm³/mol. The number of nitrogens with zero attached hydrogens (tertiary/aromatic N) is 3. The maximum absolute atomic E-state index is 13.3. The van der Waals surface area contributed by atoms with E-state index in [0.717, 1.165) is 44.2 Å². The fraction of sp³-hybridized carbons (Fsp3) is 0.708. The van der Waals surface area contributed by atoms with Gasteiger partial charge < -0.3 is 14.5 Å². The number of rotatable bonds is 5. The topological polar surface area (TPSA) is 70.2 Å². The molecule has 1 saturated carbocycles. The van der Waals surface area contributed by atoms with Gasteiger partial charge in [0.2, 0.25) is 15.9 Å². The summed E-state index contributed by atoms with van der Waals surface area (Å²) in [6, 6.07) is 5.17. The molecular weight excluding hydrogens is 426 g/mol. The molecule has 1 aliphatic carbocycles. The third kappa shape index (κ3) is 4.91. The molecule has 1 amide bonds. The zero-order chi connectivity index (χ0) is 22.7. The monoisotopic (exact) mass is 463 g/mol. The molecule has 178 valence electrons. The highest BCUT2D eigenvalue weighted by Crippen LogP contribution is 2.34. The van der Waals surface area contributed by atoms with Gasteiger partial charge in [0.05, 0.1) is 17.7 Å². The van der Waals surface area contributed by atoms with Crippen LogP contribution in [0.3, 0.4) is 0 Å². The molecule has 0 N–H and O–H groups in total.